The highest BCUT2D eigenvalue weighted by Crippen LogP contribution is 2.60. The number of ketones is 1. The molecule has 4 aliphatic rings. The predicted octanol–water partition coefficient (Wildman–Crippen LogP) is 6.27. The van der Waals surface area contributed by atoms with Gasteiger partial charge in [-0.3, -0.25) is 4.79 Å². The number of carbonyl (C=O) groups excluding carboxylic acids is 1. The Balaban J connectivity index is 1.22. The molecule has 3 nitrogen and oxygen atoms in total. The van der Waals surface area contributed by atoms with Crippen LogP contribution in [-0.2, 0) is 11.4 Å². The molecule has 1 aromatic carbocycles. The third kappa shape index (κ3) is 3.80. The summed E-state index contributed by atoms with van der Waals surface area (Å²) in [6.07, 6.45) is 11.0. The van der Waals surface area contributed by atoms with Crippen molar-refractivity contribution < 1.29 is 13.9 Å². The molecule has 2 aromatic rings. The molecule has 1 heterocycles. The summed E-state index contributed by atoms with van der Waals surface area (Å²) in [6, 6.07) is 10.0. The topological polar surface area (TPSA) is 39.4 Å². The minimum absolute atomic E-state index is 0.0766. The molecule has 6 rings (SSSR count). The number of aryl methyl sites for hydroxylation is 2. The van der Waals surface area contributed by atoms with Crippen molar-refractivity contribution in [2.24, 2.45) is 23.2 Å². The monoisotopic (exact) mass is 390 g/mol. The smallest absolute Gasteiger partial charge is 0.161 e. The lowest BCUT2D eigenvalue weighted by Crippen LogP contribution is -2.49. The van der Waals surface area contributed by atoms with Gasteiger partial charge in [-0.2, -0.15) is 0 Å². The first-order valence-electron chi connectivity index (χ1n) is 11.0. The van der Waals surface area contributed by atoms with Gasteiger partial charge in [0.15, 0.2) is 5.78 Å². The Bertz CT molecular complexity index is 893. The van der Waals surface area contributed by atoms with Crippen LogP contribution >= 0.6 is 0 Å². The SMILES string of the molecule is Cc1cc(C)cc(OCc2ccc(/C=C/C(=O)C34CC5CC(CC(C5)C3)C4)o2)c1. The quantitative estimate of drug-likeness (QED) is 0.545. The Morgan fingerprint density at radius 2 is 1.66 bits per heavy atom. The van der Waals surface area contributed by atoms with Gasteiger partial charge in [-0.25, -0.2) is 0 Å². The summed E-state index contributed by atoms with van der Waals surface area (Å²) in [5, 5.41) is 0. The zero-order chi connectivity index (χ0) is 20.0. The van der Waals surface area contributed by atoms with E-state index in [0.717, 1.165) is 54.3 Å². The Morgan fingerprint density at radius 3 is 2.28 bits per heavy atom. The molecule has 4 bridgehead atoms. The number of hydrogen-bond acceptors (Lipinski definition) is 3. The predicted molar refractivity (Wildman–Crippen MR) is 114 cm³/mol. The molecule has 0 N–H and O–H groups in total. The van der Waals surface area contributed by atoms with Gasteiger partial charge in [-0.15, -0.1) is 0 Å². The molecule has 0 amide bonds. The van der Waals surface area contributed by atoms with Crippen LogP contribution in [0.4, 0.5) is 0 Å². The highest BCUT2D eigenvalue weighted by Gasteiger charge is 2.53. The van der Waals surface area contributed by atoms with Gasteiger partial charge in [0.25, 0.3) is 0 Å². The van der Waals surface area contributed by atoms with E-state index >= 15 is 0 Å². The third-order valence-corrected chi connectivity index (χ3v) is 7.22. The van der Waals surface area contributed by atoms with Crippen LogP contribution in [0.5, 0.6) is 5.75 Å². The van der Waals surface area contributed by atoms with Crippen LogP contribution in [0.1, 0.15) is 61.2 Å². The van der Waals surface area contributed by atoms with E-state index in [1.165, 1.54) is 30.4 Å². The van der Waals surface area contributed by atoms with Crippen molar-refractivity contribution in [2.75, 3.05) is 0 Å². The van der Waals surface area contributed by atoms with E-state index in [1.807, 2.05) is 30.3 Å². The fraction of sp³-hybridized carbons (Fsp3) is 0.500. The van der Waals surface area contributed by atoms with E-state index in [1.54, 1.807) is 6.08 Å². The number of hydrogen-bond donors (Lipinski definition) is 0. The summed E-state index contributed by atoms with van der Waals surface area (Å²) in [7, 11) is 0. The maximum absolute atomic E-state index is 13.1. The van der Waals surface area contributed by atoms with Gasteiger partial charge >= 0.3 is 0 Å². The molecule has 0 unspecified atom stereocenters. The summed E-state index contributed by atoms with van der Waals surface area (Å²) >= 11 is 0. The van der Waals surface area contributed by atoms with Crippen molar-refractivity contribution >= 4 is 11.9 Å². The zero-order valence-electron chi connectivity index (χ0n) is 17.4. The third-order valence-electron chi connectivity index (χ3n) is 7.22. The summed E-state index contributed by atoms with van der Waals surface area (Å²) < 4.78 is 11.7. The van der Waals surface area contributed by atoms with Gasteiger partial charge in [0, 0.05) is 5.41 Å². The minimum atomic E-state index is -0.0766. The second-order valence-electron chi connectivity index (χ2n) is 9.81. The highest BCUT2D eigenvalue weighted by atomic mass is 16.5. The van der Waals surface area contributed by atoms with Crippen LogP contribution in [-0.4, -0.2) is 5.78 Å². The second-order valence-corrected chi connectivity index (χ2v) is 9.81. The first kappa shape index (κ1) is 18.7. The number of carbonyl (C=O) groups is 1. The van der Waals surface area contributed by atoms with E-state index in [0.29, 0.717) is 12.4 Å². The van der Waals surface area contributed by atoms with Gasteiger partial charge in [0.2, 0.25) is 0 Å². The largest absolute Gasteiger partial charge is 0.486 e. The lowest BCUT2D eigenvalue weighted by Gasteiger charge is -2.55. The number of rotatable bonds is 6. The average Bonchev–Trinajstić information content (AvgIpc) is 3.10. The van der Waals surface area contributed by atoms with E-state index in [9.17, 15) is 4.79 Å². The van der Waals surface area contributed by atoms with Crippen molar-refractivity contribution in [2.45, 2.75) is 59.0 Å². The van der Waals surface area contributed by atoms with Gasteiger partial charge < -0.3 is 9.15 Å². The van der Waals surface area contributed by atoms with Crippen molar-refractivity contribution in [3.8, 4) is 5.75 Å². The Labute approximate surface area is 173 Å². The highest BCUT2D eigenvalue weighted by molar-refractivity contribution is 5.98. The first-order chi connectivity index (χ1) is 14.0. The molecule has 0 saturated heterocycles. The molecule has 3 heteroatoms. The lowest BCUT2D eigenvalue weighted by atomic mass is 9.48. The minimum Gasteiger partial charge on any atom is -0.486 e. The summed E-state index contributed by atoms with van der Waals surface area (Å²) in [4.78, 5) is 13.1. The summed E-state index contributed by atoms with van der Waals surface area (Å²) in [6.45, 7) is 4.52. The van der Waals surface area contributed by atoms with Crippen LogP contribution in [0.3, 0.4) is 0 Å². The van der Waals surface area contributed by atoms with Gasteiger partial charge in [-0.05, 0) is 118 Å². The molecule has 0 radical (unpaired) electrons. The van der Waals surface area contributed by atoms with Crippen LogP contribution in [0, 0.1) is 37.0 Å². The molecule has 4 aliphatic carbocycles. The second kappa shape index (κ2) is 7.19. The molecule has 0 atom stereocenters. The van der Waals surface area contributed by atoms with Crippen molar-refractivity contribution in [1.29, 1.82) is 0 Å². The van der Waals surface area contributed by atoms with Crippen LogP contribution in [0.25, 0.3) is 6.08 Å². The van der Waals surface area contributed by atoms with Crippen molar-refractivity contribution in [3.63, 3.8) is 0 Å². The number of ether oxygens (including phenoxy) is 1. The number of furan rings is 1. The summed E-state index contributed by atoms with van der Waals surface area (Å²) in [5.41, 5.74) is 2.30. The standard InChI is InChI=1S/C26H30O3/c1-17-7-18(2)9-24(8-17)28-16-23-4-3-22(29-23)5-6-25(27)26-13-19-10-20(14-26)12-21(11-19)15-26/h3-9,19-21H,10-16H2,1-2H3/b6-5+. The van der Waals surface area contributed by atoms with Crippen LogP contribution in [0.15, 0.2) is 40.8 Å². The summed E-state index contributed by atoms with van der Waals surface area (Å²) in [5.74, 6) is 5.03. The molecule has 1 aromatic heterocycles. The maximum Gasteiger partial charge on any atom is 0.161 e. The lowest BCUT2D eigenvalue weighted by molar-refractivity contribution is -0.138. The van der Waals surface area contributed by atoms with Gasteiger partial charge in [0.05, 0.1) is 0 Å². The normalized spacial score (nSPS) is 30.2. The zero-order valence-corrected chi connectivity index (χ0v) is 17.4. The number of benzene rings is 1. The molecular weight excluding hydrogens is 360 g/mol. The van der Waals surface area contributed by atoms with E-state index in [2.05, 4.69) is 19.9 Å². The molecule has 29 heavy (non-hydrogen) atoms. The maximum atomic E-state index is 13.1. The Kier molecular flexibility index (Phi) is 4.64. The van der Waals surface area contributed by atoms with E-state index in [-0.39, 0.29) is 5.41 Å². The van der Waals surface area contributed by atoms with Crippen LogP contribution in [0.2, 0.25) is 0 Å². The molecule has 4 saturated carbocycles. The molecule has 152 valence electrons. The average molecular weight is 391 g/mol. The molecular formula is C26H30O3. The van der Waals surface area contributed by atoms with E-state index in [4.69, 9.17) is 9.15 Å². The molecule has 0 aliphatic heterocycles. The van der Waals surface area contributed by atoms with Crippen molar-refractivity contribution in [3.05, 3.63) is 59.1 Å². The molecule has 0 spiro atoms. The fourth-order valence-corrected chi connectivity index (χ4v) is 6.48. The van der Waals surface area contributed by atoms with Gasteiger partial charge in [0.1, 0.15) is 23.9 Å². The van der Waals surface area contributed by atoms with Crippen molar-refractivity contribution in [1.82, 2.24) is 0 Å². The molecule has 4 fully saturated rings. The van der Waals surface area contributed by atoms with E-state index < -0.39 is 0 Å². The fourth-order valence-electron chi connectivity index (χ4n) is 6.48. The van der Waals surface area contributed by atoms with Crippen LogP contribution < -0.4 is 4.74 Å². The Morgan fingerprint density at radius 1 is 1.03 bits per heavy atom. The Hall–Kier alpha value is -2.29. The number of allylic oxidation sites excluding steroid dienone is 1. The first-order valence-corrected chi connectivity index (χ1v) is 11.0. The van der Waals surface area contributed by atoms with Gasteiger partial charge in [-0.1, -0.05) is 6.07 Å².